The first-order valence-corrected chi connectivity index (χ1v) is 19.8. The maximum absolute atomic E-state index is 6.39. The molecule has 268 valence electrons. The van der Waals surface area contributed by atoms with Crippen molar-refractivity contribution in [1.29, 1.82) is 0 Å². The smallest absolute Gasteiger partial charge is 0.135 e. The topological polar surface area (TPSA) is 23.0 Å². The molecule has 0 amide bonds. The van der Waals surface area contributed by atoms with Crippen molar-refractivity contribution in [3.05, 3.63) is 199 Å². The van der Waals surface area contributed by atoms with Gasteiger partial charge in [-0.05, 0) is 119 Å². The molecule has 57 heavy (non-hydrogen) atoms. The summed E-state index contributed by atoms with van der Waals surface area (Å²) in [5.41, 5.74) is 17.5. The van der Waals surface area contributed by atoms with Crippen LogP contribution < -0.4 is 0 Å². The molecule has 0 atom stereocenters. The molecule has 8 aromatic carbocycles. The molecule has 0 saturated heterocycles. The molecular formula is C54H36N2O. The minimum absolute atomic E-state index is 0.893. The van der Waals surface area contributed by atoms with E-state index in [1.165, 1.54) is 71.9 Å². The van der Waals surface area contributed by atoms with Crippen LogP contribution in [0.5, 0.6) is 0 Å². The third-order valence-electron chi connectivity index (χ3n) is 12.0. The maximum Gasteiger partial charge on any atom is 0.135 e. The van der Waals surface area contributed by atoms with E-state index in [0.717, 1.165) is 51.6 Å². The molecule has 0 radical (unpaired) electrons. The van der Waals surface area contributed by atoms with E-state index in [0.29, 0.717) is 0 Å². The number of nitrogens with zero attached hydrogens (tertiary/aromatic N) is 2. The summed E-state index contributed by atoms with van der Waals surface area (Å²) in [6.07, 6.45) is 6.71. The van der Waals surface area contributed by atoms with Crippen molar-refractivity contribution in [2.75, 3.05) is 0 Å². The Morgan fingerprint density at radius 3 is 1.67 bits per heavy atom. The zero-order valence-corrected chi connectivity index (χ0v) is 31.2. The van der Waals surface area contributed by atoms with E-state index in [1.54, 1.807) is 0 Å². The lowest BCUT2D eigenvalue weighted by atomic mass is 9.96. The van der Waals surface area contributed by atoms with Crippen molar-refractivity contribution in [2.45, 2.75) is 12.8 Å². The summed E-state index contributed by atoms with van der Waals surface area (Å²) < 4.78 is 11.3. The molecule has 3 heterocycles. The van der Waals surface area contributed by atoms with E-state index in [-0.39, 0.29) is 0 Å². The Kier molecular flexibility index (Phi) is 7.05. The van der Waals surface area contributed by atoms with Gasteiger partial charge in [-0.15, -0.1) is 0 Å². The summed E-state index contributed by atoms with van der Waals surface area (Å²) in [7, 11) is 0. The van der Waals surface area contributed by atoms with E-state index >= 15 is 0 Å². The number of allylic oxidation sites excluding steroid dienone is 1. The highest BCUT2D eigenvalue weighted by Gasteiger charge is 2.21. The first-order valence-electron chi connectivity index (χ1n) is 19.8. The lowest BCUT2D eigenvalue weighted by molar-refractivity contribution is 0.669. The second-order valence-electron chi connectivity index (χ2n) is 15.2. The van der Waals surface area contributed by atoms with Gasteiger partial charge >= 0.3 is 0 Å². The van der Waals surface area contributed by atoms with Gasteiger partial charge in [0, 0.05) is 49.6 Å². The minimum atomic E-state index is 0.893. The maximum atomic E-state index is 6.39. The standard InChI is InChI=1S/C54H36N2O/c1-3-13-35(14-4-1)37-23-27-53-47(32-37)48-33-38(24-28-54(48)57-53)40-29-39(36-15-5-2-6-16-36)30-42(31-40)56-51-22-12-9-19-45(51)46-34-41(25-26-52(46)56)55-49-20-10-7-17-43(49)44-18-8-11-21-50(44)55/h1-10,12-20,22-34H,11,21H2. The average Bonchev–Trinajstić information content (AvgIpc) is 3.94. The Bertz CT molecular complexity index is 3400. The lowest BCUT2D eigenvalue weighted by Gasteiger charge is -2.15. The number of benzene rings is 8. The van der Waals surface area contributed by atoms with Gasteiger partial charge in [0.15, 0.2) is 0 Å². The van der Waals surface area contributed by atoms with E-state index in [9.17, 15) is 0 Å². The number of hydrogen-bond acceptors (Lipinski definition) is 1. The fourth-order valence-corrected chi connectivity index (χ4v) is 9.32. The molecule has 0 unspecified atom stereocenters. The molecule has 3 nitrogen and oxygen atoms in total. The van der Waals surface area contributed by atoms with E-state index in [4.69, 9.17) is 4.42 Å². The van der Waals surface area contributed by atoms with Crippen LogP contribution in [0.2, 0.25) is 0 Å². The second kappa shape index (κ2) is 12.6. The summed E-state index contributed by atoms with van der Waals surface area (Å²) in [6.45, 7) is 0. The van der Waals surface area contributed by atoms with Gasteiger partial charge in [0.2, 0.25) is 0 Å². The van der Waals surface area contributed by atoms with Crippen LogP contribution in [0.4, 0.5) is 0 Å². The average molecular weight is 729 g/mol. The van der Waals surface area contributed by atoms with Crippen LogP contribution >= 0.6 is 0 Å². The Labute approximate surface area is 330 Å². The Balaban J connectivity index is 1.06. The van der Waals surface area contributed by atoms with Gasteiger partial charge in [-0.1, -0.05) is 121 Å². The third kappa shape index (κ3) is 5.06. The second-order valence-corrected chi connectivity index (χ2v) is 15.2. The third-order valence-corrected chi connectivity index (χ3v) is 12.0. The van der Waals surface area contributed by atoms with Crippen LogP contribution in [0.15, 0.2) is 192 Å². The summed E-state index contributed by atoms with van der Waals surface area (Å²) in [6, 6.07) is 66.2. The molecule has 0 spiro atoms. The van der Waals surface area contributed by atoms with Gasteiger partial charge in [0.25, 0.3) is 0 Å². The van der Waals surface area contributed by atoms with Crippen LogP contribution in [0, 0.1) is 0 Å². The molecule has 1 aliphatic carbocycles. The van der Waals surface area contributed by atoms with Gasteiger partial charge in [-0.2, -0.15) is 0 Å². The quantitative estimate of drug-likeness (QED) is 0.173. The lowest BCUT2D eigenvalue weighted by Crippen LogP contribution is -2.03. The number of aromatic nitrogens is 2. The zero-order chi connectivity index (χ0) is 37.5. The highest BCUT2D eigenvalue weighted by molar-refractivity contribution is 6.11. The van der Waals surface area contributed by atoms with Gasteiger partial charge in [0.1, 0.15) is 11.2 Å². The van der Waals surface area contributed by atoms with E-state index in [1.807, 2.05) is 0 Å². The van der Waals surface area contributed by atoms with Crippen molar-refractivity contribution in [2.24, 2.45) is 0 Å². The van der Waals surface area contributed by atoms with Crippen molar-refractivity contribution < 1.29 is 4.42 Å². The molecule has 12 rings (SSSR count). The Morgan fingerprint density at radius 1 is 0.368 bits per heavy atom. The van der Waals surface area contributed by atoms with Gasteiger partial charge in [-0.25, -0.2) is 0 Å². The Hall–Kier alpha value is -7.36. The van der Waals surface area contributed by atoms with E-state index in [2.05, 4.69) is 203 Å². The summed E-state index contributed by atoms with van der Waals surface area (Å²) in [4.78, 5) is 0. The van der Waals surface area contributed by atoms with Gasteiger partial charge < -0.3 is 13.6 Å². The molecule has 0 fully saturated rings. The van der Waals surface area contributed by atoms with Crippen LogP contribution in [0.3, 0.4) is 0 Å². The Morgan fingerprint density at radius 2 is 0.947 bits per heavy atom. The van der Waals surface area contributed by atoms with Crippen molar-refractivity contribution in [3.8, 4) is 44.8 Å². The van der Waals surface area contributed by atoms with Crippen molar-refractivity contribution in [1.82, 2.24) is 9.13 Å². The molecule has 1 aliphatic rings. The first kappa shape index (κ1) is 31.9. The van der Waals surface area contributed by atoms with Crippen molar-refractivity contribution in [3.63, 3.8) is 0 Å². The van der Waals surface area contributed by atoms with Crippen LogP contribution in [-0.4, -0.2) is 9.13 Å². The highest BCUT2D eigenvalue weighted by Crippen LogP contribution is 2.41. The molecule has 0 N–H and O–H groups in total. The summed E-state index contributed by atoms with van der Waals surface area (Å²) >= 11 is 0. The fraction of sp³-hybridized carbons (Fsp3) is 0.0370. The molecule has 0 bridgehead atoms. The predicted molar refractivity (Wildman–Crippen MR) is 239 cm³/mol. The summed E-state index contributed by atoms with van der Waals surface area (Å²) in [5, 5.41) is 6.04. The molecular weight excluding hydrogens is 693 g/mol. The SMILES string of the molecule is C1=Cc2c(n(-c3ccc4c(c3)c3ccccc3n4-c3cc(-c4ccccc4)cc(-c4ccc5oc6ccc(-c7ccccc7)cc6c5c4)c3)c3ccccc23)CC1. The monoisotopic (exact) mass is 728 g/mol. The van der Waals surface area contributed by atoms with Crippen LogP contribution in [-0.2, 0) is 6.42 Å². The highest BCUT2D eigenvalue weighted by atomic mass is 16.3. The molecule has 0 aliphatic heterocycles. The van der Waals surface area contributed by atoms with Crippen LogP contribution in [0.25, 0.3) is 105 Å². The number of furan rings is 1. The molecule has 11 aromatic rings. The largest absolute Gasteiger partial charge is 0.456 e. The van der Waals surface area contributed by atoms with E-state index < -0.39 is 0 Å². The first-order chi connectivity index (χ1) is 28.2. The minimum Gasteiger partial charge on any atom is -0.456 e. The van der Waals surface area contributed by atoms with Crippen molar-refractivity contribution >= 4 is 60.7 Å². The number of fused-ring (bicyclic) bond motifs is 9. The number of rotatable bonds is 5. The van der Waals surface area contributed by atoms with Gasteiger partial charge in [-0.3, -0.25) is 0 Å². The number of hydrogen-bond donors (Lipinski definition) is 0. The number of para-hydroxylation sites is 2. The molecule has 3 aromatic heterocycles. The summed E-state index contributed by atoms with van der Waals surface area (Å²) in [5.74, 6) is 0. The van der Waals surface area contributed by atoms with Crippen LogP contribution in [0.1, 0.15) is 17.7 Å². The zero-order valence-electron chi connectivity index (χ0n) is 31.2. The fourth-order valence-electron chi connectivity index (χ4n) is 9.32. The molecule has 3 heteroatoms. The van der Waals surface area contributed by atoms with Gasteiger partial charge in [0.05, 0.1) is 16.6 Å². The normalized spacial score (nSPS) is 12.7. The predicted octanol–water partition coefficient (Wildman–Crippen LogP) is 14.6. The molecule has 0 saturated carbocycles.